The molecule has 1 aliphatic rings. The molecule has 4 nitrogen and oxygen atoms in total. The summed E-state index contributed by atoms with van der Waals surface area (Å²) in [5.41, 5.74) is 2.92. The van der Waals surface area contributed by atoms with Crippen molar-refractivity contribution >= 4 is 22.1 Å². The number of carbonyl (C=O) groups excluding carboxylic acids is 1. The number of morpholine rings is 1. The van der Waals surface area contributed by atoms with Crippen LogP contribution in [0.5, 0.6) is 0 Å². The highest BCUT2D eigenvalue weighted by Gasteiger charge is 2.22. The van der Waals surface area contributed by atoms with E-state index in [1.807, 2.05) is 24.3 Å². The lowest BCUT2D eigenvalue weighted by molar-refractivity contribution is 0.104. The molecule has 25 heavy (non-hydrogen) atoms. The third-order valence-corrected chi connectivity index (χ3v) is 5.46. The van der Waals surface area contributed by atoms with Crippen LogP contribution in [-0.2, 0) is 4.74 Å². The largest absolute Gasteiger partial charge is 0.378 e. The second-order valence-corrected chi connectivity index (χ2v) is 6.89. The van der Waals surface area contributed by atoms with Gasteiger partial charge in [0.05, 0.1) is 23.1 Å². The van der Waals surface area contributed by atoms with Crippen molar-refractivity contribution in [3.8, 4) is 11.1 Å². The molecule has 1 fully saturated rings. The van der Waals surface area contributed by atoms with Crippen molar-refractivity contribution in [2.75, 3.05) is 31.2 Å². The Balaban J connectivity index is 1.76. The van der Waals surface area contributed by atoms with E-state index in [-0.39, 0.29) is 5.78 Å². The number of thiophene rings is 1. The molecule has 1 saturated heterocycles. The summed E-state index contributed by atoms with van der Waals surface area (Å²) in [7, 11) is 0. The van der Waals surface area contributed by atoms with E-state index in [1.54, 1.807) is 35.9 Å². The monoisotopic (exact) mass is 350 g/mol. The van der Waals surface area contributed by atoms with Gasteiger partial charge in [0, 0.05) is 36.6 Å². The Labute approximate surface area is 150 Å². The number of pyridine rings is 1. The average molecular weight is 350 g/mol. The molecule has 3 heterocycles. The highest BCUT2D eigenvalue weighted by atomic mass is 32.1. The number of hydrogen-bond acceptors (Lipinski definition) is 5. The number of nitrogens with zero attached hydrogens (tertiary/aromatic N) is 2. The SMILES string of the molecule is O=C(c1ccncc1)c1cc(-c2ccccc2)c(N2CCOCC2)s1. The first-order valence-electron chi connectivity index (χ1n) is 8.29. The standard InChI is InChI=1S/C20H18N2O2S/c23-19(16-6-8-21-9-7-16)18-14-17(15-4-2-1-3-5-15)20(25-18)22-10-12-24-13-11-22/h1-9,14H,10-13H2. The second kappa shape index (κ2) is 7.17. The number of rotatable bonds is 4. The highest BCUT2D eigenvalue weighted by Crippen LogP contribution is 2.40. The summed E-state index contributed by atoms with van der Waals surface area (Å²) >= 11 is 1.56. The molecule has 0 aliphatic carbocycles. The maximum absolute atomic E-state index is 12.9. The van der Waals surface area contributed by atoms with Crippen LogP contribution in [0.3, 0.4) is 0 Å². The first-order chi connectivity index (χ1) is 12.3. The molecule has 0 atom stereocenters. The molecule has 0 N–H and O–H groups in total. The number of ketones is 1. The number of aromatic nitrogens is 1. The molecule has 126 valence electrons. The van der Waals surface area contributed by atoms with Gasteiger partial charge in [-0.05, 0) is 23.8 Å². The van der Waals surface area contributed by atoms with Crippen molar-refractivity contribution in [3.63, 3.8) is 0 Å². The highest BCUT2D eigenvalue weighted by molar-refractivity contribution is 7.18. The maximum Gasteiger partial charge on any atom is 0.203 e. The number of benzene rings is 1. The number of carbonyl (C=O) groups is 1. The molecule has 0 amide bonds. The van der Waals surface area contributed by atoms with Crippen LogP contribution >= 0.6 is 11.3 Å². The van der Waals surface area contributed by atoms with Gasteiger partial charge >= 0.3 is 0 Å². The Kier molecular flexibility index (Phi) is 4.59. The van der Waals surface area contributed by atoms with Gasteiger partial charge in [-0.25, -0.2) is 0 Å². The van der Waals surface area contributed by atoms with Crippen LogP contribution in [0.1, 0.15) is 15.2 Å². The summed E-state index contributed by atoms with van der Waals surface area (Å²) in [6, 6.07) is 15.8. The molecule has 1 aromatic carbocycles. The summed E-state index contributed by atoms with van der Waals surface area (Å²) in [6.07, 6.45) is 3.31. The van der Waals surface area contributed by atoms with Crippen LogP contribution in [0.2, 0.25) is 0 Å². The Morgan fingerprint density at radius 3 is 2.48 bits per heavy atom. The predicted octanol–water partition coefficient (Wildman–Crippen LogP) is 3.88. The lowest BCUT2D eigenvalue weighted by atomic mass is 10.1. The minimum atomic E-state index is 0.0455. The van der Waals surface area contributed by atoms with Gasteiger partial charge in [0.25, 0.3) is 0 Å². The molecule has 4 rings (SSSR count). The smallest absolute Gasteiger partial charge is 0.203 e. The van der Waals surface area contributed by atoms with Gasteiger partial charge in [0.2, 0.25) is 5.78 Å². The lowest BCUT2D eigenvalue weighted by Gasteiger charge is -2.28. The van der Waals surface area contributed by atoms with E-state index in [9.17, 15) is 4.79 Å². The Morgan fingerprint density at radius 2 is 1.76 bits per heavy atom. The van der Waals surface area contributed by atoms with Crippen LogP contribution < -0.4 is 4.90 Å². The van der Waals surface area contributed by atoms with Crippen molar-refractivity contribution in [3.05, 3.63) is 71.4 Å². The summed E-state index contributed by atoms with van der Waals surface area (Å²) in [5.74, 6) is 0.0455. The zero-order valence-electron chi connectivity index (χ0n) is 13.7. The quantitative estimate of drug-likeness (QED) is 0.670. The summed E-state index contributed by atoms with van der Waals surface area (Å²) in [4.78, 5) is 19.9. The Hall–Kier alpha value is -2.50. The molecule has 3 aromatic rings. The van der Waals surface area contributed by atoms with E-state index >= 15 is 0 Å². The van der Waals surface area contributed by atoms with E-state index < -0.39 is 0 Å². The van der Waals surface area contributed by atoms with Crippen molar-refractivity contribution in [2.45, 2.75) is 0 Å². The molecular formula is C20H18N2O2S. The first-order valence-corrected chi connectivity index (χ1v) is 9.11. The molecule has 0 bridgehead atoms. The number of hydrogen-bond donors (Lipinski definition) is 0. The van der Waals surface area contributed by atoms with E-state index in [4.69, 9.17) is 4.74 Å². The van der Waals surface area contributed by atoms with E-state index in [0.717, 1.165) is 47.3 Å². The van der Waals surface area contributed by atoms with Crippen molar-refractivity contribution < 1.29 is 9.53 Å². The third kappa shape index (κ3) is 3.34. The van der Waals surface area contributed by atoms with Gasteiger partial charge in [0.1, 0.15) is 0 Å². The third-order valence-electron chi connectivity index (χ3n) is 4.26. The Bertz CT molecular complexity index is 856. The van der Waals surface area contributed by atoms with Gasteiger partial charge in [-0.1, -0.05) is 30.3 Å². The van der Waals surface area contributed by atoms with Crippen LogP contribution in [0.25, 0.3) is 11.1 Å². The van der Waals surface area contributed by atoms with Gasteiger partial charge in [-0.2, -0.15) is 0 Å². The fourth-order valence-corrected chi connectivity index (χ4v) is 4.16. The summed E-state index contributed by atoms with van der Waals surface area (Å²) in [6.45, 7) is 3.14. The zero-order valence-corrected chi connectivity index (χ0v) is 14.5. The minimum absolute atomic E-state index is 0.0455. The van der Waals surface area contributed by atoms with E-state index in [1.165, 1.54) is 0 Å². The van der Waals surface area contributed by atoms with Gasteiger partial charge in [-0.3, -0.25) is 9.78 Å². The Morgan fingerprint density at radius 1 is 1.04 bits per heavy atom. The van der Waals surface area contributed by atoms with Crippen LogP contribution in [-0.4, -0.2) is 37.1 Å². The fourth-order valence-electron chi connectivity index (χ4n) is 2.96. The topological polar surface area (TPSA) is 42.4 Å². The average Bonchev–Trinajstić information content (AvgIpc) is 3.15. The van der Waals surface area contributed by atoms with Crippen molar-refractivity contribution in [1.82, 2.24) is 4.98 Å². The lowest BCUT2D eigenvalue weighted by Crippen LogP contribution is -2.35. The van der Waals surface area contributed by atoms with E-state index in [0.29, 0.717) is 5.56 Å². The molecule has 0 radical (unpaired) electrons. The second-order valence-electron chi connectivity index (χ2n) is 5.86. The first kappa shape index (κ1) is 16.0. The van der Waals surface area contributed by atoms with Gasteiger partial charge in [0.15, 0.2) is 0 Å². The normalized spacial score (nSPS) is 14.5. The molecule has 0 unspecified atom stereocenters. The van der Waals surface area contributed by atoms with Crippen molar-refractivity contribution in [2.24, 2.45) is 0 Å². The summed E-state index contributed by atoms with van der Waals surface area (Å²) in [5, 5.41) is 1.15. The van der Waals surface area contributed by atoms with Crippen LogP contribution in [0.15, 0.2) is 60.9 Å². The van der Waals surface area contributed by atoms with Gasteiger partial charge < -0.3 is 9.64 Å². The molecule has 0 spiro atoms. The number of anilines is 1. The molecule has 5 heteroatoms. The minimum Gasteiger partial charge on any atom is -0.378 e. The molecule has 0 saturated carbocycles. The zero-order chi connectivity index (χ0) is 17.1. The fraction of sp³-hybridized carbons (Fsp3) is 0.200. The van der Waals surface area contributed by atoms with Crippen LogP contribution in [0, 0.1) is 0 Å². The summed E-state index contributed by atoms with van der Waals surface area (Å²) < 4.78 is 5.48. The predicted molar refractivity (Wildman–Crippen MR) is 100 cm³/mol. The molecule has 1 aliphatic heterocycles. The van der Waals surface area contributed by atoms with E-state index in [2.05, 4.69) is 22.0 Å². The van der Waals surface area contributed by atoms with Crippen LogP contribution in [0.4, 0.5) is 5.00 Å². The maximum atomic E-state index is 12.9. The molecule has 2 aromatic heterocycles. The van der Waals surface area contributed by atoms with Gasteiger partial charge in [-0.15, -0.1) is 11.3 Å². The number of ether oxygens (including phenoxy) is 1. The molecular weight excluding hydrogens is 332 g/mol. The van der Waals surface area contributed by atoms with Crippen molar-refractivity contribution in [1.29, 1.82) is 0 Å².